The summed E-state index contributed by atoms with van der Waals surface area (Å²) in [7, 11) is -3.37. The van der Waals surface area contributed by atoms with Gasteiger partial charge in [-0.15, -0.1) is 6.42 Å². The van der Waals surface area contributed by atoms with Crippen LogP contribution in [0.4, 0.5) is 0 Å². The van der Waals surface area contributed by atoms with Crippen LogP contribution in [0.1, 0.15) is 13.3 Å². The number of rotatable bonds is 5. The van der Waals surface area contributed by atoms with Crippen LogP contribution < -0.4 is 10.5 Å². The highest BCUT2D eigenvalue weighted by Crippen LogP contribution is 1.86. The number of sulfonamides is 1. The first kappa shape index (κ1) is 11.4. The molecule has 0 aliphatic carbocycles. The Bertz CT molecular complexity index is 253. The molecule has 0 radical (unpaired) electrons. The van der Waals surface area contributed by atoms with Crippen LogP contribution in [-0.4, -0.2) is 26.8 Å². The molecule has 0 aromatic heterocycles. The fraction of sp³-hybridized carbons (Fsp3) is 0.714. The lowest BCUT2D eigenvalue weighted by Crippen LogP contribution is -2.33. The monoisotopic (exact) mass is 190 g/mol. The lowest BCUT2D eigenvalue weighted by atomic mass is 10.2. The predicted molar refractivity (Wildman–Crippen MR) is 48.9 cm³/mol. The van der Waals surface area contributed by atoms with Gasteiger partial charge in [0, 0.05) is 6.54 Å². The van der Waals surface area contributed by atoms with Gasteiger partial charge in [0.15, 0.2) is 0 Å². The molecule has 70 valence electrons. The van der Waals surface area contributed by atoms with Gasteiger partial charge in [0.05, 0.1) is 11.8 Å². The van der Waals surface area contributed by atoms with Crippen molar-refractivity contribution in [2.75, 3.05) is 12.3 Å². The summed E-state index contributed by atoms with van der Waals surface area (Å²) in [6, 6.07) is -0.0632. The third kappa shape index (κ3) is 6.16. The molecule has 0 rings (SSSR count). The number of hydrogen-bond donors (Lipinski definition) is 2. The molecule has 0 amide bonds. The van der Waals surface area contributed by atoms with E-state index in [-0.39, 0.29) is 11.8 Å². The Hall–Kier alpha value is -0.570. The van der Waals surface area contributed by atoms with Crippen LogP contribution >= 0.6 is 0 Å². The first-order valence-electron chi connectivity index (χ1n) is 3.69. The number of nitrogens with two attached hydrogens (primary N) is 1. The molecule has 0 saturated carbocycles. The van der Waals surface area contributed by atoms with Gasteiger partial charge in [0.1, 0.15) is 0 Å². The van der Waals surface area contributed by atoms with Gasteiger partial charge < -0.3 is 5.32 Å². The summed E-state index contributed by atoms with van der Waals surface area (Å²) in [5, 5.41) is 7.67. The van der Waals surface area contributed by atoms with Crippen molar-refractivity contribution in [1.29, 1.82) is 0 Å². The molecule has 3 N–H and O–H groups in total. The normalized spacial score (nSPS) is 13.8. The minimum absolute atomic E-state index is 0.0632. The predicted octanol–water partition coefficient (Wildman–Crippen LogP) is -0.724. The van der Waals surface area contributed by atoms with Crippen molar-refractivity contribution in [3.8, 4) is 12.3 Å². The van der Waals surface area contributed by atoms with Crippen molar-refractivity contribution < 1.29 is 8.42 Å². The first-order valence-corrected chi connectivity index (χ1v) is 5.41. The molecule has 0 aliphatic rings. The van der Waals surface area contributed by atoms with E-state index in [1.54, 1.807) is 0 Å². The summed E-state index contributed by atoms with van der Waals surface area (Å²) in [5.41, 5.74) is 0. The van der Waals surface area contributed by atoms with Crippen LogP contribution in [0.5, 0.6) is 0 Å². The fourth-order valence-electron chi connectivity index (χ4n) is 0.697. The van der Waals surface area contributed by atoms with E-state index in [0.29, 0.717) is 6.54 Å². The highest BCUT2D eigenvalue weighted by molar-refractivity contribution is 7.89. The molecule has 0 saturated heterocycles. The summed E-state index contributed by atoms with van der Waals surface area (Å²) in [5.74, 6) is 2.41. The van der Waals surface area contributed by atoms with E-state index in [1.807, 2.05) is 6.92 Å². The van der Waals surface area contributed by atoms with Gasteiger partial charge in [0.25, 0.3) is 0 Å². The second-order valence-electron chi connectivity index (χ2n) is 2.45. The fourth-order valence-corrected chi connectivity index (χ4v) is 1.10. The van der Waals surface area contributed by atoms with Gasteiger partial charge in [-0.1, -0.05) is 12.8 Å². The molecule has 0 aliphatic heterocycles. The van der Waals surface area contributed by atoms with Gasteiger partial charge in [-0.3, -0.25) is 0 Å². The Labute approximate surface area is 73.6 Å². The second-order valence-corrected chi connectivity index (χ2v) is 4.18. The minimum atomic E-state index is -3.37. The molecular formula is C7H14N2O2S. The van der Waals surface area contributed by atoms with E-state index >= 15 is 0 Å². The van der Waals surface area contributed by atoms with Gasteiger partial charge in [0.2, 0.25) is 10.0 Å². The Morgan fingerprint density at radius 3 is 2.58 bits per heavy atom. The Kier molecular flexibility index (Phi) is 4.90. The summed E-state index contributed by atoms with van der Waals surface area (Å²) in [6.07, 6.45) is 5.92. The summed E-state index contributed by atoms with van der Waals surface area (Å²) < 4.78 is 21.0. The highest BCUT2D eigenvalue weighted by Gasteiger charge is 2.04. The number of nitrogens with one attached hydrogen (secondary N) is 1. The molecule has 0 spiro atoms. The zero-order valence-corrected chi connectivity index (χ0v) is 7.89. The van der Waals surface area contributed by atoms with Crippen molar-refractivity contribution in [3.63, 3.8) is 0 Å². The molecule has 0 fully saturated rings. The molecule has 12 heavy (non-hydrogen) atoms. The van der Waals surface area contributed by atoms with E-state index in [1.165, 1.54) is 0 Å². The molecule has 0 aromatic carbocycles. The maximum atomic E-state index is 10.5. The molecule has 0 bridgehead atoms. The third-order valence-electron chi connectivity index (χ3n) is 1.39. The van der Waals surface area contributed by atoms with Crippen LogP contribution in [-0.2, 0) is 10.0 Å². The highest BCUT2D eigenvalue weighted by atomic mass is 32.2. The second kappa shape index (κ2) is 5.14. The average Bonchev–Trinajstić information content (AvgIpc) is 1.96. The van der Waals surface area contributed by atoms with Gasteiger partial charge in [-0.05, 0) is 6.42 Å². The summed E-state index contributed by atoms with van der Waals surface area (Å²) in [6.45, 7) is 2.23. The lowest BCUT2D eigenvalue weighted by Gasteiger charge is -2.08. The molecule has 1 unspecified atom stereocenters. The maximum absolute atomic E-state index is 10.5. The van der Waals surface area contributed by atoms with Gasteiger partial charge >= 0.3 is 0 Å². The van der Waals surface area contributed by atoms with E-state index in [9.17, 15) is 8.42 Å². The summed E-state index contributed by atoms with van der Waals surface area (Å²) in [4.78, 5) is 0. The van der Waals surface area contributed by atoms with Crippen LogP contribution in [0.3, 0.4) is 0 Å². The van der Waals surface area contributed by atoms with Crippen molar-refractivity contribution in [3.05, 3.63) is 0 Å². The zero-order chi connectivity index (χ0) is 9.61. The Balaban J connectivity index is 3.64. The third-order valence-corrected chi connectivity index (χ3v) is 2.16. The van der Waals surface area contributed by atoms with E-state index in [2.05, 4.69) is 11.2 Å². The van der Waals surface area contributed by atoms with Crippen LogP contribution in [0.25, 0.3) is 0 Å². The van der Waals surface area contributed by atoms with Crippen molar-refractivity contribution >= 4 is 10.0 Å². The Morgan fingerprint density at radius 1 is 1.67 bits per heavy atom. The first-order chi connectivity index (χ1) is 5.49. The molecule has 5 heteroatoms. The number of primary sulfonamides is 1. The standard InChI is InChI=1S/C7H14N2O2S/c1-3-7(4-2)9-5-6-12(8,10)11/h1,7,9H,4-6H2,2H3,(H2,8,10,11). The lowest BCUT2D eigenvalue weighted by molar-refractivity contribution is 0.580. The Morgan fingerprint density at radius 2 is 2.25 bits per heavy atom. The minimum Gasteiger partial charge on any atom is -0.303 e. The van der Waals surface area contributed by atoms with Gasteiger partial charge in [-0.2, -0.15) is 0 Å². The SMILES string of the molecule is C#CC(CC)NCCS(N)(=O)=O. The van der Waals surface area contributed by atoms with E-state index in [0.717, 1.165) is 6.42 Å². The average molecular weight is 190 g/mol. The largest absolute Gasteiger partial charge is 0.303 e. The van der Waals surface area contributed by atoms with Crippen molar-refractivity contribution in [2.24, 2.45) is 5.14 Å². The van der Waals surface area contributed by atoms with Crippen LogP contribution in [0, 0.1) is 12.3 Å². The van der Waals surface area contributed by atoms with Crippen molar-refractivity contribution in [2.45, 2.75) is 19.4 Å². The van der Waals surface area contributed by atoms with E-state index in [4.69, 9.17) is 11.6 Å². The van der Waals surface area contributed by atoms with Crippen molar-refractivity contribution in [1.82, 2.24) is 5.32 Å². The summed E-state index contributed by atoms with van der Waals surface area (Å²) >= 11 is 0. The quantitative estimate of drug-likeness (QED) is 0.562. The molecule has 4 nitrogen and oxygen atoms in total. The molecular weight excluding hydrogens is 176 g/mol. The van der Waals surface area contributed by atoms with E-state index < -0.39 is 10.0 Å². The molecule has 0 heterocycles. The zero-order valence-electron chi connectivity index (χ0n) is 7.08. The number of hydrogen-bond acceptors (Lipinski definition) is 3. The van der Waals surface area contributed by atoms with Gasteiger partial charge in [-0.25, -0.2) is 13.6 Å². The smallest absolute Gasteiger partial charge is 0.210 e. The molecule has 0 aromatic rings. The maximum Gasteiger partial charge on any atom is 0.210 e. The number of terminal acetylenes is 1. The van der Waals surface area contributed by atoms with Crippen LogP contribution in [0.2, 0.25) is 0 Å². The molecule has 1 atom stereocenters. The topological polar surface area (TPSA) is 72.2 Å². The van der Waals surface area contributed by atoms with Crippen LogP contribution in [0.15, 0.2) is 0 Å².